The molecule has 0 saturated carbocycles. The second kappa shape index (κ2) is 12.5. The molecular weight excluding hydrogens is 450 g/mol. The minimum atomic E-state index is -0.965. The Morgan fingerprint density at radius 2 is 1.62 bits per heavy atom. The van der Waals surface area contributed by atoms with Gasteiger partial charge in [-0.2, -0.15) is 12.6 Å². The molecule has 1 aromatic rings. The molecule has 0 aliphatic heterocycles. The molecule has 0 bridgehead atoms. The van der Waals surface area contributed by atoms with Crippen molar-refractivity contribution in [2.45, 2.75) is 98.4 Å². The van der Waals surface area contributed by atoms with E-state index in [9.17, 15) is 14.4 Å². The molecule has 8 heteroatoms. The Balaban J connectivity index is 3.52. The molecule has 34 heavy (non-hydrogen) atoms. The number of nitrogens with one attached hydrogen (secondary N) is 2. The van der Waals surface area contributed by atoms with Crippen LogP contribution >= 0.6 is 12.6 Å². The van der Waals surface area contributed by atoms with Gasteiger partial charge in [-0.1, -0.05) is 31.5 Å². The van der Waals surface area contributed by atoms with Crippen molar-refractivity contribution in [2.75, 3.05) is 12.3 Å². The van der Waals surface area contributed by atoms with Crippen molar-refractivity contribution >= 4 is 30.5 Å². The molecular formula is C26H43N3O4S. The molecule has 2 unspecified atom stereocenters. The summed E-state index contributed by atoms with van der Waals surface area (Å²) in [5, 5.41) is 5.65. The summed E-state index contributed by atoms with van der Waals surface area (Å²) in [5.41, 5.74) is 1.18. The van der Waals surface area contributed by atoms with Crippen LogP contribution in [-0.4, -0.2) is 52.3 Å². The zero-order valence-corrected chi connectivity index (χ0v) is 23.1. The molecule has 2 atom stereocenters. The SMILES string of the molecule is CCCCNC(=O)C(c1c(C)cccc1C)N(C(=O)C(CS)NC(=O)OC(C)(C)C)C(C)(C)C. The highest BCUT2D eigenvalue weighted by atomic mass is 32.1. The molecule has 1 aromatic carbocycles. The normalized spacial score (nSPS) is 13.6. The van der Waals surface area contributed by atoms with Gasteiger partial charge >= 0.3 is 6.09 Å². The fourth-order valence-corrected chi connectivity index (χ4v) is 4.02. The third-order valence-electron chi connectivity index (χ3n) is 5.28. The molecule has 0 aromatic heterocycles. The lowest BCUT2D eigenvalue weighted by Crippen LogP contribution is -2.59. The van der Waals surface area contributed by atoms with E-state index in [0.29, 0.717) is 6.54 Å². The Morgan fingerprint density at radius 3 is 2.06 bits per heavy atom. The number of hydrogen-bond donors (Lipinski definition) is 3. The van der Waals surface area contributed by atoms with E-state index in [1.165, 1.54) is 0 Å². The molecule has 0 aliphatic rings. The minimum Gasteiger partial charge on any atom is -0.444 e. The highest BCUT2D eigenvalue weighted by molar-refractivity contribution is 7.80. The highest BCUT2D eigenvalue weighted by Crippen LogP contribution is 2.33. The number of hydrogen-bond acceptors (Lipinski definition) is 5. The Labute approximate surface area is 210 Å². The maximum atomic E-state index is 13.9. The van der Waals surface area contributed by atoms with Crippen LogP contribution in [0.2, 0.25) is 0 Å². The van der Waals surface area contributed by atoms with Crippen LogP contribution < -0.4 is 10.6 Å². The number of aryl methyl sites for hydroxylation is 2. The number of carbonyl (C=O) groups excluding carboxylic acids is 3. The van der Waals surface area contributed by atoms with E-state index >= 15 is 0 Å². The molecule has 3 amide bonds. The van der Waals surface area contributed by atoms with Crippen LogP contribution in [0.1, 0.15) is 84.0 Å². The van der Waals surface area contributed by atoms with Crippen molar-refractivity contribution in [1.82, 2.24) is 15.5 Å². The second-order valence-corrected chi connectivity index (χ2v) is 11.0. The van der Waals surface area contributed by atoms with Gasteiger partial charge in [-0.25, -0.2) is 4.79 Å². The van der Waals surface area contributed by atoms with Gasteiger partial charge in [0.2, 0.25) is 11.8 Å². The molecule has 0 saturated heterocycles. The Hall–Kier alpha value is -2.22. The van der Waals surface area contributed by atoms with Gasteiger partial charge in [0, 0.05) is 17.8 Å². The van der Waals surface area contributed by atoms with Crippen molar-refractivity contribution in [3.05, 3.63) is 34.9 Å². The average Bonchev–Trinajstić information content (AvgIpc) is 2.68. The van der Waals surface area contributed by atoms with Crippen molar-refractivity contribution in [2.24, 2.45) is 0 Å². The minimum absolute atomic E-state index is 0.0571. The number of ether oxygens (including phenoxy) is 1. The fourth-order valence-electron chi connectivity index (χ4n) is 3.77. The Kier molecular flexibility index (Phi) is 10.9. The lowest BCUT2D eigenvalue weighted by Gasteiger charge is -2.43. The van der Waals surface area contributed by atoms with Crippen molar-refractivity contribution in [3.8, 4) is 0 Å². The second-order valence-electron chi connectivity index (χ2n) is 10.6. The molecule has 192 valence electrons. The van der Waals surface area contributed by atoms with Crippen LogP contribution in [0.25, 0.3) is 0 Å². The van der Waals surface area contributed by atoms with Gasteiger partial charge in [0.1, 0.15) is 17.7 Å². The topological polar surface area (TPSA) is 87.7 Å². The number of alkyl carbamates (subject to hydrolysis) is 1. The lowest BCUT2D eigenvalue weighted by molar-refractivity contribution is -0.148. The standard InChI is InChI=1S/C26H43N3O4S/c1-10-11-15-27-22(30)21(20-17(2)13-12-14-18(20)3)29(25(4,5)6)23(31)19(16-34)28-24(32)33-26(7,8)9/h12-14,19,21,34H,10-11,15-16H2,1-9H3,(H,27,30)(H,28,32). The summed E-state index contributed by atoms with van der Waals surface area (Å²) >= 11 is 4.33. The molecule has 0 aliphatic carbocycles. The van der Waals surface area contributed by atoms with E-state index < -0.39 is 35.2 Å². The third kappa shape index (κ3) is 8.53. The molecule has 7 nitrogen and oxygen atoms in total. The average molecular weight is 494 g/mol. The third-order valence-corrected chi connectivity index (χ3v) is 5.65. The van der Waals surface area contributed by atoms with Crippen LogP contribution in [0, 0.1) is 13.8 Å². The summed E-state index contributed by atoms with van der Waals surface area (Å²) in [6.07, 6.45) is 1.08. The van der Waals surface area contributed by atoms with E-state index in [-0.39, 0.29) is 11.7 Å². The molecule has 0 fully saturated rings. The van der Waals surface area contributed by atoms with E-state index in [2.05, 4.69) is 30.2 Å². The summed E-state index contributed by atoms with van der Waals surface area (Å²) in [6.45, 7) is 17.4. The van der Waals surface area contributed by atoms with Gasteiger partial charge in [0.25, 0.3) is 0 Å². The first-order valence-electron chi connectivity index (χ1n) is 11.9. The summed E-state index contributed by atoms with van der Waals surface area (Å²) in [4.78, 5) is 41.5. The first kappa shape index (κ1) is 29.8. The molecule has 2 N–H and O–H groups in total. The van der Waals surface area contributed by atoms with Gasteiger partial charge in [-0.3, -0.25) is 9.59 Å². The summed E-state index contributed by atoms with van der Waals surface area (Å²) < 4.78 is 5.35. The number of nitrogens with zero attached hydrogens (tertiary/aromatic N) is 1. The van der Waals surface area contributed by atoms with Gasteiger partial charge in [0.15, 0.2) is 0 Å². The first-order chi connectivity index (χ1) is 15.6. The van der Waals surface area contributed by atoms with Crippen LogP contribution in [-0.2, 0) is 14.3 Å². The number of thiol groups is 1. The Bertz CT molecular complexity index is 838. The number of unbranched alkanes of at least 4 members (excludes halogenated alkanes) is 1. The van der Waals surface area contributed by atoms with Crippen molar-refractivity contribution in [3.63, 3.8) is 0 Å². The number of carbonyl (C=O) groups is 3. The van der Waals surface area contributed by atoms with Gasteiger partial charge in [0.05, 0.1) is 0 Å². The summed E-state index contributed by atoms with van der Waals surface area (Å²) in [6, 6.07) is 3.98. The maximum Gasteiger partial charge on any atom is 0.408 e. The predicted octanol–water partition coefficient (Wildman–Crippen LogP) is 4.71. The molecule has 0 heterocycles. The first-order valence-corrected chi connectivity index (χ1v) is 12.5. The number of rotatable bonds is 9. The zero-order chi connectivity index (χ0) is 26.3. The summed E-state index contributed by atoms with van der Waals surface area (Å²) in [5.74, 6) is -0.586. The van der Waals surface area contributed by atoms with E-state index in [1.54, 1.807) is 25.7 Å². The Morgan fingerprint density at radius 1 is 1.06 bits per heavy atom. The van der Waals surface area contributed by atoms with E-state index in [1.807, 2.05) is 52.8 Å². The van der Waals surface area contributed by atoms with E-state index in [4.69, 9.17) is 4.74 Å². The zero-order valence-electron chi connectivity index (χ0n) is 22.2. The largest absolute Gasteiger partial charge is 0.444 e. The van der Waals surface area contributed by atoms with Gasteiger partial charge in [-0.05, 0) is 78.5 Å². The van der Waals surface area contributed by atoms with Crippen LogP contribution in [0.4, 0.5) is 4.79 Å². The van der Waals surface area contributed by atoms with Crippen molar-refractivity contribution in [1.29, 1.82) is 0 Å². The molecule has 1 rings (SSSR count). The number of amides is 3. The van der Waals surface area contributed by atoms with Gasteiger partial charge in [-0.15, -0.1) is 0 Å². The smallest absolute Gasteiger partial charge is 0.408 e. The lowest BCUT2D eigenvalue weighted by atomic mass is 9.90. The van der Waals surface area contributed by atoms with Crippen molar-refractivity contribution < 1.29 is 19.1 Å². The van der Waals surface area contributed by atoms with Crippen LogP contribution in [0.5, 0.6) is 0 Å². The molecule has 0 spiro atoms. The highest BCUT2D eigenvalue weighted by Gasteiger charge is 2.42. The number of benzene rings is 1. The summed E-state index contributed by atoms with van der Waals surface area (Å²) in [7, 11) is 0. The predicted molar refractivity (Wildman–Crippen MR) is 140 cm³/mol. The molecule has 0 radical (unpaired) electrons. The van der Waals surface area contributed by atoms with E-state index in [0.717, 1.165) is 29.5 Å². The maximum absolute atomic E-state index is 13.9. The van der Waals surface area contributed by atoms with Gasteiger partial charge < -0.3 is 20.3 Å². The van der Waals surface area contributed by atoms with Crippen LogP contribution in [0.3, 0.4) is 0 Å². The quantitative estimate of drug-likeness (QED) is 0.343. The fraction of sp³-hybridized carbons (Fsp3) is 0.654. The van der Waals surface area contributed by atoms with Crippen LogP contribution in [0.15, 0.2) is 18.2 Å². The monoisotopic (exact) mass is 493 g/mol.